The van der Waals surface area contributed by atoms with E-state index in [1.165, 1.54) is 0 Å². The number of halogens is 1. The Kier molecular flexibility index (Phi) is 6.54. The van der Waals surface area contributed by atoms with Gasteiger partial charge in [-0.25, -0.2) is 0 Å². The fourth-order valence-corrected chi connectivity index (χ4v) is 3.88. The largest absolute Gasteiger partial charge is 0.491 e. The van der Waals surface area contributed by atoms with Crippen LogP contribution in [0.1, 0.15) is 23.2 Å². The molecule has 1 N–H and O–H groups in total. The Morgan fingerprint density at radius 1 is 1.14 bits per heavy atom. The molecule has 154 valence electrons. The Balaban J connectivity index is 1.42. The summed E-state index contributed by atoms with van der Waals surface area (Å²) in [6.07, 6.45) is 2.29. The number of morpholine rings is 1. The van der Waals surface area contributed by atoms with Crippen LogP contribution in [-0.4, -0.2) is 51.5 Å². The topological polar surface area (TPSA) is 60.0 Å². The quantitative estimate of drug-likeness (QED) is 0.771. The van der Waals surface area contributed by atoms with Gasteiger partial charge in [-0.3, -0.25) is 4.79 Å². The number of hydrogen-bond acceptors (Lipinski definition) is 5. The molecule has 2 fully saturated rings. The summed E-state index contributed by atoms with van der Waals surface area (Å²) < 4.78 is 16.7. The number of anilines is 2. The molecule has 7 heteroatoms. The maximum atomic E-state index is 12.8. The molecule has 0 bridgehead atoms. The molecule has 0 aromatic heterocycles. The first-order valence-electron chi connectivity index (χ1n) is 9.98. The van der Waals surface area contributed by atoms with Crippen molar-refractivity contribution < 1.29 is 19.0 Å². The third kappa shape index (κ3) is 5.01. The number of benzene rings is 2. The summed E-state index contributed by atoms with van der Waals surface area (Å²) in [4.78, 5) is 14.9. The van der Waals surface area contributed by atoms with Gasteiger partial charge in [-0.2, -0.15) is 0 Å². The summed E-state index contributed by atoms with van der Waals surface area (Å²) in [5.74, 6) is 0.543. The Morgan fingerprint density at radius 2 is 1.93 bits per heavy atom. The first kappa shape index (κ1) is 20.0. The molecule has 0 radical (unpaired) electrons. The zero-order valence-electron chi connectivity index (χ0n) is 16.2. The van der Waals surface area contributed by atoms with Crippen molar-refractivity contribution in [3.05, 3.63) is 53.1 Å². The van der Waals surface area contributed by atoms with Gasteiger partial charge >= 0.3 is 0 Å². The van der Waals surface area contributed by atoms with Crippen LogP contribution in [0.15, 0.2) is 42.5 Å². The predicted molar refractivity (Wildman–Crippen MR) is 113 cm³/mol. The minimum atomic E-state index is -0.188. The molecule has 0 saturated carbocycles. The van der Waals surface area contributed by atoms with Crippen molar-refractivity contribution in [2.75, 3.05) is 49.7 Å². The van der Waals surface area contributed by atoms with E-state index >= 15 is 0 Å². The van der Waals surface area contributed by atoms with Crippen molar-refractivity contribution in [2.24, 2.45) is 0 Å². The summed E-state index contributed by atoms with van der Waals surface area (Å²) in [6, 6.07) is 12.7. The summed E-state index contributed by atoms with van der Waals surface area (Å²) >= 11 is 6.44. The molecular weight excluding hydrogens is 392 g/mol. The maximum absolute atomic E-state index is 12.8. The average Bonchev–Trinajstić information content (AvgIpc) is 3.27. The fraction of sp³-hybridized carbons (Fsp3) is 0.409. The highest BCUT2D eigenvalue weighted by Crippen LogP contribution is 2.34. The van der Waals surface area contributed by atoms with Gasteiger partial charge in [0.25, 0.3) is 5.91 Å². The minimum Gasteiger partial charge on any atom is -0.491 e. The Morgan fingerprint density at radius 3 is 2.66 bits per heavy atom. The molecule has 0 unspecified atom stereocenters. The number of amides is 1. The predicted octanol–water partition coefficient (Wildman–Crippen LogP) is 3.99. The van der Waals surface area contributed by atoms with Crippen LogP contribution in [0.3, 0.4) is 0 Å². The van der Waals surface area contributed by atoms with Gasteiger partial charge in [-0.1, -0.05) is 17.7 Å². The summed E-state index contributed by atoms with van der Waals surface area (Å²) in [6.45, 7) is 4.12. The number of para-hydroxylation sites is 1. The molecule has 2 aliphatic rings. The Hall–Kier alpha value is -2.28. The van der Waals surface area contributed by atoms with Crippen molar-refractivity contribution in [1.82, 2.24) is 0 Å². The molecule has 2 aromatic rings. The van der Waals surface area contributed by atoms with Gasteiger partial charge in [-0.05, 0) is 49.2 Å². The van der Waals surface area contributed by atoms with Crippen LogP contribution in [0.2, 0.25) is 5.02 Å². The van der Waals surface area contributed by atoms with Crippen LogP contribution in [0.4, 0.5) is 11.4 Å². The molecule has 2 heterocycles. The van der Waals surface area contributed by atoms with Gasteiger partial charge in [0.1, 0.15) is 12.4 Å². The number of hydrogen-bond donors (Lipinski definition) is 1. The molecule has 6 nitrogen and oxygen atoms in total. The molecule has 0 aliphatic carbocycles. The van der Waals surface area contributed by atoms with E-state index in [9.17, 15) is 4.79 Å². The summed E-state index contributed by atoms with van der Waals surface area (Å²) in [5, 5.41) is 3.61. The van der Waals surface area contributed by atoms with Crippen LogP contribution in [0, 0.1) is 0 Å². The second kappa shape index (κ2) is 9.48. The van der Waals surface area contributed by atoms with Crippen molar-refractivity contribution in [3.63, 3.8) is 0 Å². The van der Waals surface area contributed by atoms with Crippen LogP contribution in [-0.2, 0) is 9.47 Å². The number of nitrogens with zero attached hydrogens (tertiary/aromatic N) is 1. The third-order valence-electron chi connectivity index (χ3n) is 5.14. The van der Waals surface area contributed by atoms with Crippen molar-refractivity contribution >= 4 is 28.9 Å². The number of rotatable bonds is 6. The van der Waals surface area contributed by atoms with E-state index in [0.717, 1.165) is 44.0 Å². The number of carbonyl (C=O) groups is 1. The zero-order valence-corrected chi connectivity index (χ0v) is 17.0. The molecule has 4 rings (SSSR count). The highest BCUT2D eigenvalue weighted by Gasteiger charge is 2.20. The smallest absolute Gasteiger partial charge is 0.255 e. The fourth-order valence-electron chi connectivity index (χ4n) is 3.59. The van der Waals surface area contributed by atoms with Crippen molar-refractivity contribution in [3.8, 4) is 5.75 Å². The molecule has 29 heavy (non-hydrogen) atoms. The monoisotopic (exact) mass is 416 g/mol. The van der Waals surface area contributed by atoms with Gasteiger partial charge in [-0.15, -0.1) is 0 Å². The average molecular weight is 417 g/mol. The van der Waals surface area contributed by atoms with Crippen molar-refractivity contribution in [2.45, 2.75) is 18.9 Å². The molecule has 2 saturated heterocycles. The van der Waals surface area contributed by atoms with E-state index in [1.807, 2.05) is 30.3 Å². The molecule has 2 aromatic carbocycles. The van der Waals surface area contributed by atoms with E-state index in [2.05, 4.69) is 10.2 Å². The number of ether oxygens (including phenoxy) is 3. The molecule has 0 spiro atoms. The van der Waals surface area contributed by atoms with Crippen LogP contribution < -0.4 is 15.0 Å². The van der Waals surface area contributed by atoms with E-state index in [-0.39, 0.29) is 12.0 Å². The van der Waals surface area contributed by atoms with Crippen LogP contribution >= 0.6 is 11.6 Å². The highest BCUT2D eigenvalue weighted by molar-refractivity contribution is 6.34. The zero-order chi connectivity index (χ0) is 20.1. The lowest BCUT2D eigenvalue weighted by Gasteiger charge is -2.31. The van der Waals surface area contributed by atoms with E-state index in [0.29, 0.717) is 36.1 Å². The van der Waals surface area contributed by atoms with Crippen molar-refractivity contribution in [1.29, 1.82) is 0 Å². The van der Waals surface area contributed by atoms with Gasteiger partial charge in [0.15, 0.2) is 0 Å². The lowest BCUT2D eigenvalue weighted by molar-refractivity contribution is 0.0679. The van der Waals surface area contributed by atoms with E-state index in [1.54, 1.807) is 12.1 Å². The Labute approximate surface area is 175 Å². The normalized spacial score (nSPS) is 19.2. The second-order valence-corrected chi connectivity index (χ2v) is 7.57. The lowest BCUT2D eigenvalue weighted by Crippen LogP contribution is -2.37. The number of nitrogens with one attached hydrogen (secondary N) is 1. The van der Waals surface area contributed by atoms with Gasteiger partial charge in [0.2, 0.25) is 0 Å². The molecule has 1 amide bonds. The van der Waals surface area contributed by atoms with Gasteiger partial charge in [0.05, 0.1) is 35.7 Å². The standard InChI is InChI=1S/C22H25ClN2O4/c23-19-4-1-5-20(21(19)25-10-13-27-14-11-25)24-22(26)16-6-8-17(9-7-16)29-15-18-3-2-12-28-18/h1,4-9,18H,2-3,10-15H2,(H,24,26)/t18-/m0/s1. The van der Waals surface area contributed by atoms with E-state index in [4.69, 9.17) is 25.8 Å². The molecule has 2 aliphatic heterocycles. The Bertz CT molecular complexity index is 831. The molecule has 1 atom stereocenters. The second-order valence-electron chi connectivity index (χ2n) is 7.16. The molecular formula is C22H25ClN2O4. The summed E-state index contributed by atoms with van der Waals surface area (Å²) in [5.41, 5.74) is 2.09. The van der Waals surface area contributed by atoms with Crippen LogP contribution in [0.25, 0.3) is 0 Å². The van der Waals surface area contributed by atoms with E-state index < -0.39 is 0 Å². The SMILES string of the molecule is O=C(Nc1cccc(Cl)c1N1CCOCC1)c1ccc(OC[C@@H]2CCCO2)cc1. The minimum absolute atomic E-state index is 0.166. The third-order valence-corrected chi connectivity index (χ3v) is 5.44. The highest BCUT2D eigenvalue weighted by atomic mass is 35.5. The van der Waals surface area contributed by atoms with Gasteiger partial charge < -0.3 is 24.4 Å². The number of carbonyl (C=O) groups excluding carboxylic acids is 1. The summed E-state index contributed by atoms with van der Waals surface area (Å²) in [7, 11) is 0. The first-order valence-corrected chi connectivity index (χ1v) is 10.4. The lowest BCUT2D eigenvalue weighted by atomic mass is 10.1. The first-order chi connectivity index (χ1) is 14.2. The van der Waals surface area contributed by atoms with Crippen LogP contribution in [0.5, 0.6) is 5.75 Å². The van der Waals surface area contributed by atoms with Gasteiger partial charge in [0, 0.05) is 25.3 Å². The maximum Gasteiger partial charge on any atom is 0.255 e.